The van der Waals surface area contributed by atoms with Crippen molar-refractivity contribution in [2.24, 2.45) is 0 Å². The van der Waals surface area contributed by atoms with Gasteiger partial charge in [0.05, 0.1) is 5.02 Å². The molecule has 0 fully saturated rings. The van der Waals surface area contributed by atoms with Gasteiger partial charge in [-0.05, 0) is 67.4 Å². The fourth-order valence-electron chi connectivity index (χ4n) is 2.75. The van der Waals surface area contributed by atoms with Crippen LogP contribution in [0.25, 0.3) is 0 Å². The lowest BCUT2D eigenvalue weighted by Gasteiger charge is -2.09. The van der Waals surface area contributed by atoms with Gasteiger partial charge in [0.2, 0.25) is 0 Å². The minimum absolute atomic E-state index is 0.0124. The summed E-state index contributed by atoms with van der Waals surface area (Å²) in [7, 11) is 0. The number of carbonyl (C=O) groups excluding carboxylic acids is 1. The molecule has 0 bridgehead atoms. The standard InChI is InChI=1S/C24H21ClFNO2/c1-16-5-3-8-23(17(16)2)27-14-13-24(28)18-9-11-19(12-10-18)29-15-20-21(25)6-4-7-22(20)26/h3-14,27H,15H2,1-2H3/b14-13+. The average molecular weight is 410 g/mol. The Morgan fingerprint density at radius 1 is 1.07 bits per heavy atom. The summed E-state index contributed by atoms with van der Waals surface area (Å²) in [6, 6.07) is 17.2. The number of hydrogen-bond donors (Lipinski definition) is 1. The molecule has 0 radical (unpaired) electrons. The van der Waals surface area contributed by atoms with E-state index in [4.69, 9.17) is 16.3 Å². The van der Waals surface area contributed by atoms with E-state index in [9.17, 15) is 9.18 Å². The number of rotatable bonds is 7. The molecule has 3 aromatic rings. The number of allylic oxidation sites excluding steroid dienone is 1. The Labute approximate surface area is 174 Å². The van der Waals surface area contributed by atoms with E-state index in [1.807, 2.05) is 32.0 Å². The zero-order chi connectivity index (χ0) is 20.8. The Bertz CT molecular complexity index is 1020. The quantitative estimate of drug-likeness (QED) is 0.358. The van der Waals surface area contributed by atoms with Crippen LogP contribution in [0.1, 0.15) is 27.0 Å². The van der Waals surface area contributed by atoms with Gasteiger partial charge in [-0.15, -0.1) is 0 Å². The molecule has 0 aliphatic carbocycles. The molecule has 0 saturated carbocycles. The molecule has 0 saturated heterocycles. The van der Waals surface area contributed by atoms with E-state index in [1.165, 1.54) is 17.7 Å². The number of halogens is 2. The van der Waals surface area contributed by atoms with E-state index in [-0.39, 0.29) is 12.4 Å². The highest BCUT2D eigenvalue weighted by molar-refractivity contribution is 6.31. The van der Waals surface area contributed by atoms with Crippen LogP contribution in [-0.4, -0.2) is 5.78 Å². The molecule has 3 rings (SSSR count). The van der Waals surface area contributed by atoms with Crippen molar-refractivity contribution >= 4 is 23.1 Å². The second-order valence-corrected chi connectivity index (χ2v) is 7.01. The lowest BCUT2D eigenvalue weighted by Crippen LogP contribution is -2.00. The molecule has 0 aromatic heterocycles. The molecule has 29 heavy (non-hydrogen) atoms. The lowest BCUT2D eigenvalue weighted by molar-refractivity contribution is 0.104. The molecule has 0 amide bonds. The van der Waals surface area contributed by atoms with Gasteiger partial charge in [0.15, 0.2) is 5.78 Å². The highest BCUT2D eigenvalue weighted by atomic mass is 35.5. The van der Waals surface area contributed by atoms with Crippen LogP contribution in [-0.2, 0) is 6.61 Å². The van der Waals surface area contributed by atoms with Crippen LogP contribution in [0, 0.1) is 19.7 Å². The summed E-state index contributed by atoms with van der Waals surface area (Å²) in [4.78, 5) is 12.3. The first-order chi connectivity index (χ1) is 14.0. The molecule has 3 nitrogen and oxygen atoms in total. The molecule has 0 spiro atoms. The lowest BCUT2D eigenvalue weighted by atomic mass is 10.1. The van der Waals surface area contributed by atoms with Gasteiger partial charge in [0.25, 0.3) is 0 Å². The molecule has 0 unspecified atom stereocenters. The van der Waals surface area contributed by atoms with Gasteiger partial charge in [-0.3, -0.25) is 4.79 Å². The minimum Gasteiger partial charge on any atom is -0.489 e. The first kappa shape index (κ1) is 20.6. The minimum atomic E-state index is -0.411. The number of anilines is 1. The maximum absolute atomic E-state index is 13.8. The number of carbonyl (C=O) groups is 1. The number of nitrogens with one attached hydrogen (secondary N) is 1. The van der Waals surface area contributed by atoms with Gasteiger partial charge in [-0.25, -0.2) is 4.39 Å². The molecule has 0 aliphatic rings. The summed E-state index contributed by atoms with van der Waals surface area (Å²) < 4.78 is 19.4. The fourth-order valence-corrected chi connectivity index (χ4v) is 2.97. The number of aryl methyl sites for hydroxylation is 1. The molecule has 0 aliphatic heterocycles. The molecule has 3 aromatic carbocycles. The number of ether oxygens (including phenoxy) is 1. The van der Waals surface area contributed by atoms with Gasteiger partial charge < -0.3 is 10.1 Å². The van der Waals surface area contributed by atoms with Crippen LogP contribution in [0.2, 0.25) is 5.02 Å². The Balaban J connectivity index is 1.59. The summed E-state index contributed by atoms with van der Waals surface area (Å²) >= 11 is 6.00. The van der Waals surface area contributed by atoms with Crippen LogP contribution >= 0.6 is 11.6 Å². The maximum atomic E-state index is 13.8. The normalized spacial score (nSPS) is 10.9. The first-order valence-electron chi connectivity index (χ1n) is 9.15. The van der Waals surface area contributed by atoms with Crippen molar-refractivity contribution in [3.8, 4) is 5.75 Å². The van der Waals surface area contributed by atoms with Crippen molar-refractivity contribution in [3.05, 3.63) is 106 Å². The van der Waals surface area contributed by atoms with E-state index in [0.29, 0.717) is 21.9 Å². The van der Waals surface area contributed by atoms with Crippen LogP contribution in [0.5, 0.6) is 5.75 Å². The number of hydrogen-bond acceptors (Lipinski definition) is 3. The van der Waals surface area contributed by atoms with Crippen molar-refractivity contribution in [2.45, 2.75) is 20.5 Å². The van der Waals surface area contributed by atoms with E-state index in [1.54, 1.807) is 42.6 Å². The SMILES string of the molecule is Cc1cccc(N/C=C/C(=O)c2ccc(OCc3c(F)cccc3Cl)cc2)c1C. The monoisotopic (exact) mass is 409 g/mol. The summed E-state index contributed by atoms with van der Waals surface area (Å²) in [5, 5.41) is 3.46. The fraction of sp³-hybridized carbons (Fsp3) is 0.125. The largest absolute Gasteiger partial charge is 0.489 e. The first-order valence-corrected chi connectivity index (χ1v) is 9.53. The van der Waals surface area contributed by atoms with Gasteiger partial charge in [0, 0.05) is 29.1 Å². The third-order valence-corrected chi connectivity index (χ3v) is 5.02. The second kappa shape index (κ2) is 9.39. The van der Waals surface area contributed by atoms with Crippen LogP contribution in [0.15, 0.2) is 72.9 Å². The van der Waals surface area contributed by atoms with Crippen molar-refractivity contribution in [3.63, 3.8) is 0 Å². The van der Waals surface area contributed by atoms with Gasteiger partial charge in [-0.2, -0.15) is 0 Å². The van der Waals surface area contributed by atoms with E-state index >= 15 is 0 Å². The molecule has 148 valence electrons. The third kappa shape index (κ3) is 5.24. The van der Waals surface area contributed by atoms with Crippen molar-refractivity contribution < 1.29 is 13.9 Å². The summed E-state index contributed by atoms with van der Waals surface area (Å²) in [5.41, 5.74) is 4.11. The topological polar surface area (TPSA) is 38.3 Å². The molecule has 5 heteroatoms. The molecule has 0 heterocycles. The van der Waals surface area contributed by atoms with Crippen LogP contribution < -0.4 is 10.1 Å². The highest BCUT2D eigenvalue weighted by Gasteiger charge is 2.08. The van der Waals surface area contributed by atoms with Crippen LogP contribution in [0.3, 0.4) is 0 Å². The number of benzene rings is 3. The predicted molar refractivity (Wildman–Crippen MR) is 115 cm³/mol. The Hall–Kier alpha value is -3.11. The molecule has 1 N–H and O–H groups in total. The van der Waals surface area contributed by atoms with Crippen molar-refractivity contribution in [1.29, 1.82) is 0 Å². The smallest absolute Gasteiger partial charge is 0.187 e. The summed E-state index contributed by atoms with van der Waals surface area (Å²) in [6.45, 7) is 4.08. The Kier molecular flexibility index (Phi) is 6.68. The highest BCUT2D eigenvalue weighted by Crippen LogP contribution is 2.22. The van der Waals surface area contributed by atoms with Crippen molar-refractivity contribution in [2.75, 3.05) is 5.32 Å². The van der Waals surface area contributed by atoms with E-state index < -0.39 is 5.82 Å². The predicted octanol–water partition coefficient (Wildman–Crippen LogP) is 6.48. The zero-order valence-corrected chi connectivity index (χ0v) is 17.0. The average Bonchev–Trinajstić information content (AvgIpc) is 2.71. The third-order valence-electron chi connectivity index (χ3n) is 4.66. The van der Waals surface area contributed by atoms with Gasteiger partial charge in [-0.1, -0.05) is 29.8 Å². The van der Waals surface area contributed by atoms with Gasteiger partial charge in [0.1, 0.15) is 18.2 Å². The number of ketones is 1. The Morgan fingerprint density at radius 3 is 2.52 bits per heavy atom. The van der Waals surface area contributed by atoms with E-state index in [0.717, 1.165) is 11.3 Å². The zero-order valence-electron chi connectivity index (χ0n) is 16.2. The maximum Gasteiger partial charge on any atom is 0.187 e. The van der Waals surface area contributed by atoms with Crippen molar-refractivity contribution in [1.82, 2.24) is 0 Å². The van der Waals surface area contributed by atoms with E-state index in [2.05, 4.69) is 5.32 Å². The summed E-state index contributed by atoms with van der Waals surface area (Å²) in [6.07, 6.45) is 3.12. The Morgan fingerprint density at radius 2 is 1.79 bits per heavy atom. The molecular weight excluding hydrogens is 389 g/mol. The van der Waals surface area contributed by atoms with Crippen LogP contribution in [0.4, 0.5) is 10.1 Å². The summed E-state index contributed by atoms with van der Waals surface area (Å²) in [5.74, 6) is -0.0179. The van der Waals surface area contributed by atoms with Gasteiger partial charge >= 0.3 is 0 Å². The molecular formula is C24H21ClFNO2. The molecule has 0 atom stereocenters. The second-order valence-electron chi connectivity index (χ2n) is 6.60.